The number of hydrogen-bond acceptors (Lipinski definition) is 9. The van der Waals surface area contributed by atoms with Gasteiger partial charge in [-0.15, -0.1) is 0 Å². The number of rotatable bonds is 24. The molecule has 248 valence electrons. The summed E-state index contributed by atoms with van der Waals surface area (Å²) in [6.45, 7) is 11.2. The van der Waals surface area contributed by atoms with Crippen molar-refractivity contribution in [1.29, 1.82) is 0 Å². The number of unbranched alkanes of at least 4 members (excludes halogenated alkanes) is 4. The number of benzene rings is 1. The summed E-state index contributed by atoms with van der Waals surface area (Å²) in [5, 5.41) is 4.76. The average molecular weight is 622 g/mol. The number of nitrogens with zero attached hydrogens (tertiary/aromatic N) is 1. The van der Waals surface area contributed by atoms with Crippen LogP contribution in [0.4, 0.5) is 0 Å². The lowest BCUT2D eigenvalue weighted by Gasteiger charge is -2.22. The van der Waals surface area contributed by atoms with Crippen LogP contribution in [0.5, 0.6) is 5.75 Å². The molecule has 12 heteroatoms. The third-order valence-electron chi connectivity index (χ3n) is 6.64. The number of carbonyl (C=O) groups excluding carboxylic acids is 5. The highest BCUT2D eigenvalue weighted by molar-refractivity contribution is 6.22. The van der Waals surface area contributed by atoms with E-state index in [0.717, 1.165) is 17.9 Å². The van der Waals surface area contributed by atoms with E-state index in [1.807, 2.05) is 19.2 Å². The molecule has 12 nitrogen and oxygen atoms in total. The van der Waals surface area contributed by atoms with E-state index in [9.17, 15) is 24.0 Å². The van der Waals surface area contributed by atoms with Crippen molar-refractivity contribution in [3.8, 4) is 5.75 Å². The summed E-state index contributed by atoms with van der Waals surface area (Å²) in [7, 11) is 0. The molecule has 0 saturated carbocycles. The predicted molar refractivity (Wildman–Crippen MR) is 166 cm³/mol. The lowest BCUT2D eigenvalue weighted by molar-refractivity contribution is -0.125. The Hall–Kier alpha value is -3.35. The van der Waals surface area contributed by atoms with Gasteiger partial charge in [0.15, 0.2) is 6.61 Å². The van der Waals surface area contributed by atoms with E-state index >= 15 is 0 Å². The van der Waals surface area contributed by atoms with Crippen LogP contribution in [0.2, 0.25) is 0 Å². The average Bonchev–Trinajstić information content (AvgIpc) is 3.29. The Morgan fingerprint density at radius 2 is 1.50 bits per heavy atom. The molecule has 1 aliphatic rings. The van der Waals surface area contributed by atoms with Gasteiger partial charge < -0.3 is 24.3 Å². The van der Waals surface area contributed by atoms with E-state index in [0.29, 0.717) is 46.0 Å². The molecule has 1 unspecified atom stereocenters. The van der Waals surface area contributed by atoms with Gasteiger partial charge in [0.05, 0.1) is 37.6 Å². The Morgan fingerprint density at radius 3 is 2.16 bits per heavy atom. The lowest BCUT2D eigenvalue weighted by atomic mass is 10.1. The zero-order chi connectivity index (χ0) is 32.6. The Labute approximate surface area is 261 Å². The molecule has 1 atom stereocenters. The quantitative estimate of drug-likeness (QED) is 0.100. The highest BCUT2D eigenvalue weighted by Gasteiger charge is 2.40. The summed E-state index contributed by atoms with van der Waals surface area (Å²) in [5.41, 5.74) is 0.262. The van der Waals surface area contributed by atoms with Gasteiger partial charge in [0.1, 0.15) is 5.75 Å². The molecule has 2 N–H and O–H groups in total. The van der Waals surface area contributed by atoms with Crippen LogP contribution < -0.4 is 15.4 Å². The van der Waals surface area contributed by atoms with Crippen LogP contribution in [0.25, 0.3) is 0 Å². The number of fused-ring (bicyclic) bond motifs is 1. The molecule has 1 aliphatic heterocycles. The molecule has 0 radical (unpaired) electrons. The van der Waals surface area contributed by atoms with E-state index in [2.05, 4.69) is 12.2 Å². The smallest absolute Gasteiger partial charge is 0.265 e. The number of imide groups is 2. The van der Waals surface area contributed by atoms with Crippen molar-refractivity contribution in [3.63, 3.8) is 0 Å². The summed E-state index contributed by atoms with van der Waals surface area (Å²) in [4.78, 5) is 61.2. The van der Waals surface area contributed by atoms with Gasteiger partial charge in [-0.05, 0) is 38.3 Å². The van der Waals surface area contributed by atoms with Crippen LogP contribution in [-0.4, -0.2) is 93.8 Å². The van der Waals surface area contributed by atoms with Crippen molar-refractivity contribution >= 4 is 30.0 Å². The first-order chi connectivity index (χ1) is 21.4. The zero-order valence-corrected chi connectivity index (χ0v) is 26.8. The second kappa shape index (κ2) is 24.0. The second-order valence-corrected chi connectivity index (χ2v) is 9.98. The minimum Gasteiger partial charge on any atom is -0.483 e. The van der Waals surface area contributed by atoms with Gasteiger partial charge in [-0.1, -0.05) is 52.5 Å². The van der Waals surface area contributed by atoms with Gasteiger partial charge >= 0.3 is 0 Å². The summed E-state index contributed by atoms with van der Waals surface area (Å²) < 4.78 is 22.1. The van der Waals surface area contributed by atoms with E-state index < -0.39 is 23.8 Å². The Kier molecular flexibility index (Phi) is 21.1. The molecular weight excluding hydrogens is 570 g/mol. The molecule has 0 spiro atoms. The molecule has 0 aliphatic carbocycles. The standard InChI is InChI=1S/C30H45N3O9.C2H6/c1-3-4-5-6-7-15-39-17-19-41-20-18-40-16-9-14-31-27(36)21-42-25-11-8-10-24-28(25)30(38)33(29(24)37)23(2)12-13-26(35)32-22-34;1-2/h8,10-11,22-23H,3-7,9,12-21H2,1-2H3,(H,31,36)(H,32,34,35);1-2H3. The zero-order valence-electron chi connectivity index (χ0n) is 26.8. The van der Waals surface area contributed by atoms with Crippen molar-refractivity contribution in [1.82, 2.24) is 15.5 Å². The van der Waals surface area contributed by atoms with Gasteiger partial charge in [-0.25, -0.2) is 0 Å². The first-order valence-corrected chi connectivity index (χ1v) is 15.8. The predicted octanol–water partition coefficient (Wildman–Crippen LogP) is 3.66. The summed E-state index contributed by atoms with van der Waals surface area (Å²) in [5.74, 6) is -1.79. The van der Waals surface area contributed by atoms with E-state index in [1.54, 1.807) is 13.0 Å². The van der Waals surface area contributed by atoms with Crippen LogP contribution in [0.15, 0.2) is 18.2 Å². The van der Waals surface area contributed by atoms with Crippen LogP contribution in [0.3, 0.4) is 0 Å². The number of carbonyl (C=O) groups is 5. The molecule has 44 heavy (non-hydrogen) atoms. The fraction of sp³-hybridized carbons (Fsp3) is 0.656. The van der Waals surface area contributed by atoms with Crippen molar-refractivity contribution in [2.75, 3.05) is 52.8 Å². The van der Waals surface area contributed by atoms with Crippen molar-refractivity contribution in [2.24, 2.45) is 0 Å². The molecule has 0 bridgehead atoms. The fourth-order valence-corrected chi connectivity index (χ4v) is 4.35. The van der Waals surface area contributed by atoms with Crippen LogP contribution in [-0.2, 0) is 28.6 Å². The third kappa shape index (κ3) is 14.4. The summed E-state index contributed by atoms with van der Waals surface area (Å²) >= 11 is 0. The van der Waals surface area contributed by atoms with Crippen LogP contribution in [0, 0.1) is 0 Å². The summed E-state index contributed by atoms with van der Waals surface area (Å²) in [6, 6.07) is 4.04. The normalized spacial score (nSPS) is 12.7. The van der Waals surface area contributed by atoms with Crippen LogP contribution in [0.1, 0.15) is 99.8 Å². The minimum atomic E-state index is -0.580. The molecule has 1 aromatic rings. The van der Waals surface area contributed by atoms with Crippen LogP contribution >= 0.6 is 0 Å². The highest BCUT2D eigenvalue weighted by atomic mass is 16.5. The Morgan fingerprint density at radius 1 is 0.864 bits per heavy atom. The Bertz CT molecular complexity index is 1020. The maximum Gasteiger partial charge on any atom is 0.265 e. The van der Waals surface area contributed by atoms with Crippen molar-refractivity contribution < 1.29 is 42.9 Å². The first kappa shape index (κ1) is 38.7. The molecule has 1 aromatic carbocycles. The molecule has 1 heterocycles. The SMILES string of the molecule is CC.CCCCCCCOCCOCCOCCCNC(=O)COc1cccc2c1C(=O)N(C(C)CCC(=O)NC=O)C2=O. The Balaban J connectivity index is 0.00000474. The van der Waals surface area contributed by atoms with E-state index in [4.69, 9.17) is 18.9 Å². The van der Waals surface area contributed by atoms with Gasteiger partial charge in [0.25, 0.3) is 17.7 Å². The monoisotopic (exact) mass is 621 g/mol. The number of hydrogen-bond donors (Lipinski definition) is 2. The molecule has 2 rings (SSSR count). The summed E-state index contributed by atoms with van der Waals surface area (Å²) in [6.07, 6.45) is 7.15. The van der Waals surface area contributed by atoms with Gasteiger partial charge in [-0.3, -0.25) is 34.2 Å². The van der Waals surface area contributed by atoms with Gasteiger partial charge in [0, 0.05) is 32.2 Å². The van der Waals surface area contributed by atoms with E-state index in [-0.39, 0.29) is 48.6 Å². The molecule has 0 fully saturated rings. The fourth-order valence-electron chi connectivity index (χ4n) is 4.35. The number of ether oxygens (including phenoxy) is 4. The number of nitrogens with one attached hydrogen (secondary N) is 2. The van der Waals surface area contributed by atoms with Gasteiger partial charge in [-0.2, -0.15) is 0 Å². The maximum atomic E-state index is 13.1. The largest absolute Gasteiger partial charge is 0.483 e. The maximum absolute atomic E-state index is 13.1. The lowest BCUT2D eigenvalue weighted by Crippen LogP contribution is -2.38. The van der Waals surface area contributed by atoms with Crippen molar-refractivity contribution in [2.45, 2.75) is 85.1 Å². The topological polar surface area (TPSA) is 150 Å². The van der Waals surface area contributed by atoms with Gasteiger partial charge in [0.2, 0.25) is 12.3 Å². The minimum absolute atomic E-state index is 0.0234. The highest BCUT2D eigenvalue weighted by Crippen LogP contribution is 2.32. The second-order valence-electron chi connectivity index (χ2n) is 9.98. The van der Waals surface area contributed by atoms with Crippen molar-refractivity contribution in [3.05, 3.63) is 29.3 Å². The molecule has 0 aromatic heterocycles. The number of amides is 5. The third-order valence-corrected chi connectivity index (χ3v) is 6.64. The molecule has 5 amide bonds. The van der Waals surface area contributed by atoms with E-state index in [1.165, 1.54) is 37.8 Å². The first-order valence-electron chi connectivity index (χ1n) is 15.8. The molecular formula is C32H51N3O9. The molecule has 0 saturated heterocycles.